The lowest BCUT2D eigenvalue weighted by atomic mass is 9.87. The molecule has 13 nitrogen and oxygen atoms in total. The Labute approximate surface area is 335 Å². The van der Waals surface area contributed by atoms with Crippen molar-refractivity contribution in [3.8, 4) is 5.75 Å². The van der Waals surface area contributed by atoms with Gasteiger partial charge in [-0.15, -0.1) is 0 Å². The number of alkyl halides is 3. The van der Waals surface area contributed by atoms with Crippen molar-refractivity contribution in [2.24, 2.45) is 5.92 Å². The van der Waals surface area contributed by atoms with Gasteiger partial charge in [-0.05, 0) is 78.1 Å². The van der Waals surface area contributed by atoms with Crippen LogP contribution < -0.4 is 25.2 Å². The highest BCUT2D eigenvalue weighted by Crippen LogP contribution is 2.41. The Kier molecular flexibility index (Phi) is 11.6. The summed E-state index contributed by atoms with van der Waals surface area (Å²) in [5.41, 5.74) is 6.50. The summed E-state index contributed by atoms with van der Waals surface area (Å²) < 4.78 is 47.2. The highest BCUT2D eigenvalue weighted by atomic mass is 19.4. The van der Waals surface area contributed by atoms with Crippen LogP contribution in [0.2, 0.25) is 0 Å². The maximum atomic E-state index is 13.7. The van der Waals surface area contributed by atoms with Crippen LogP contribution in [0.3, 0.4) is 0 Å². The molecular formula is C42H50F3N9O4. The van der Waals surface area contributed by atoms with Crippen molar-refractivity contribution in [2.75, 3.05) is 75.8 Å². The summed E-state index contributed by atoms with van der Waals surface area (Å²) in [6, 6.07) is 11.6. The number of benzene rings is 2. The number of unbranched alkanes of at least 4 members (excludes halogenated alkanes) is 1. The molecule has 9 rings (SSSR count). The number of hydrogen-bond acceptors (Lipinski definition) is 10. The van der Waals surface area contributed by atoms with E-state index in [1.165, 1.54) is 4.90 Å². The van der Waals surface area contributed by atoms with Crippen LogP contribution in [0.15, 0.2) is 48.8 Å². The van der Waals surface area contributed by atoms with E-state index in [4.69, 9.17) is 9.72 Å². The number of halogens is 3. The summed E-state index contributed by atoms with van der Waals surface area (Å²) in [6.45, 7) is 6.30. The lowest BCUT2D eigenvalue weighted by Gasteiger charge is -2.47. The van der Waals surface area contributed by atoms with Gasteiger partial charge >= 0.3 is 6.18 Å². The van der Waals surface area contributed by atoms with Gasteiger partial charge in [-0.2, -0.15) is 18.3 Å². The van der Waals surface area contributed by atoms with E-state index in [-0.39, 0.29) is 11.8 Å². The van der Waals surface area contributed by atoms with Crippen LogP contribution in [0.5, 0.6) is 5.75 Å². The molecule has 5 aliphatic heterocycles. The Bertz CT molecular complexity index is 2120. The zero-order chi connectivity index (χ0) is 40.4. The summed E-state index contributed by atoms with van der Waals surface area (Å²) in [5.74, 6) is 2.25. The van der Waals surface area contributed by atoms with Crippen LogP contribution in [0.4, 0.5) is 24.7 Å². The first-order chi connectivity index (χ1) is 28.1. The van der Waals surface area contributed by atoms with Crippen LogP contribution >= 0.6 is 0 Å². The predicted molar refractivity (Wildman–Crippen MR) is 213 cm³/mol. The van der Waals surface area contributed by atoms with Crippen molar-refractivity contribution in [3.05, 3.63) is 76.6 Å². The first-order valence-corrected chi connectivity index (χ1v) is 20.3. The van der Waals surface area contributed by atoms with Gasteiger partial charge in [-0.1, -0.05) is 12.1 Å². The second-order valence-electron chi connectivity index (χ2n) is 15.9. The number of rotatable bonds is 9. The van der Waals surface area contributed by atoms with Gasteiger partial charge in [-0.3, -0.25) is 24.5 Å². The Balaban J connectivity index is 0.000000469. The molecule has 3 N–H and O–H groups in total. The third-order valence-electron chi connectivity index (χ3n) is 12.2. The molecule has 2 aromatic heterocycles. The van der Waals surface area contributed by atoms with Gasteiger partial charge in [0.1, 0.15) is 24.5 Å². The fraction of sp³-hybridized carbons (Fsp3) is 0.500. The van der Waals surface area contributed by atoms with Crippen molar-refractivity contribution >= 4 is 40.5 Å². The molecule has 16 heteroatoms. The van der Waals surface area contributed by atoms with E-state index >= 15 is 0 Å². The topological polar surface area (TPSA) is 139 Å². The van der Waals surface area contributed by atoms with Crippen LogP contribution in [0.25, 0.3) is 10.9 Å². The zero-order valence-corrected chi connectivity index (χ0v) is 32.7. The first-order valence-electron chi connectivity index (χ1n) is 20.3. The number of aromatic amines is 1. The fourth-order valence-electron chi connectivity index (χ4n) is 9.24. The number of aldehydes is 1. The van der Waals surface area contributed by atoms with Crippen LogP contribution in [-0.4, -0.2) is 121 Å². The van der Waals surface area contributed by atoms with Gasteiger partial charge in [0.05, 0.1) is 36.0 Å². The molecule has 0 spiro atoms. The number of nitrogens with zero attached hydrogens (tertiary/aromatic N) is 6. The number of H-pyrrole nitrogens is 1. The van der Waals surface area contributed by atoms with Crippen LogP contribution in [0, 0.1) is 5.92 Å². The van der Waals surface area contributed by atoms with Crippen molar-refractivity contribution in [1.82, 2.24) is 35.6 Å². The molecular weight excluding hydrogens is 752 g/mol. The smallest absolute Gasteiger partial charge is 0.401 e. The number of ether oxygens (including phenoxy) is 1. The van der Waals surface area contributed by atoms with Gasteiger partial charge in [0, 0.05) is 89.4 Å². The number of carbonyl (C=O) groups excluding carboxylic acids is 3. The van der Waals surface area contributed by atoms with E-state index in [2.05, 4.69) is 41.6 Å². The molecule has 0 aliphatic carbocycles. The monoisotopic (exact) mass is 801 g/mol. The number of anilines is 2. The molecule has 2 atom stereocenters. The van der Waals surface area contributed by atoms with Crippen LogP contribution in [-0.2, 0) is 22.6 Å². The highest BCUT2D eigenvalue weighted by molar-refractivity contribution is 5.99. The number of fused-ring (bicyclic) bond motifs is 7. The average Bonchev–Trinajstić information content (AvgIpc) is 3.86. The molecule has 2 amide bonds. The molecule has 2 aromatic carbocycles. The molecule has 4 aromatic rings. The molecule has 308 valence electrons. The number of piperazine rings is 1. The van der Waals surface area contributed by atoms with Gasteiger partial charge in [0.15, 0.2) is 0 Å². The standard InChI is InChI=1S/C36H39F3N8O2.C6H11NO2/c37-36(38,39)21-46-10-7-26-27(2-3-30-29(26)17-42-43-30)34(46)23-1-4-33(40-15-23)45-8-5-22(6-9-45)18-44-11-12-47-25(19-44)20-49-32-14-28-24(13-31(32)47)16-41-35(28)48;1-7-6(9)4-2-3-5-8/h1-4,13-15,17,22,25,34H,5-12,16,18-21H2,(H,41,48)(H,42,43);5H,2-4H2,1H3,(H,7,9). The third kappa shape index (κ3) is 8.48. The number of nitrogens with one attached hydrogen (secondary N) is 3. The molecule has 58 heavy (non-hydrogen) atoms. The first kappa shape index (κ1) is 39.6. The number of amides is 2. The number of hydrogen-bond donors (Lipinski definition) is 3. The minimum Gasteiger partial charge on any atom is -0.489 e. The lowest BCUT2D eigenvalue weighted by molar-refractivity contribution is -0.150. The van der Waals surface area contributed by atoms with E-state index < -0.39 is 18.8 Å². The van der Waals surface area contributed by atoms with E-state index in [1.54, 1.807) is 19.4 Å². The zero-order valence-electron chi connectivity index (χ0n) is 32.7. The lowest BCUT2D eigenvalue weighted by Crippen LogP contribution is -2.58. The van der Waals surface area contributed by atoms with Gasteiger partial charge < -0.3 is 30.0 Å². The summed E-state index contributed by atoms with van der Waals surface area (Å²) in [6.07, 6.45) is 4.34. The Morgan fingerprint density at radius 1 is 1.07 bits per heavy atom. The third-order valence-corrected chi connectivity index (χ3v) is 12.2. The molecule has 2 fully saturated rings. The fourth-order valence-corrected chi connectivity index (χ4v) is 9.24. The highest BCUT2D eigenvalue weighted by Gasteiger charge is 2.39. The summed E-state index contributed by atoms with van der Waals surface area (Å²) in [5, 5.41) is 13.5. The number of pyridine rings is 1. The second kappa shape index (κ2) is 16.9. The summed E-state index contributed by atoms with van der Waals surface area (Å²) in [7, 11) is 1.59. The maximum Gasteiger partial charge on any atom is 0.401 e. The average molecular weight is 802 g/mol. The number of piperidine rings is 1. The van der Waals surface area contributed by atoms with Gasteiger partial charge in [0.25, 0.3) is 5.91 Å². The molecule has 0 radical (unpaired) electrons. The molecule has 5 aliphatic rings. The molecule has 0 bridgehead atoms. The van der Waals surface area contributed by atoms with Crippen molar-refractivity contribution in [1.29, 1.82) is 0 Å². The van der Waals surface area contributed by atoms with Gasteiger partial charge in [-0.25, -0.2) is 4.98 Å². The molecule has 2 saturated heterocycles. The summed E-state index contributed by atoms with van der Waals surface area (Å²) >= 11 is 0. The predicted octanol–water partition coefficient (Wildman–Crippen LogP) is 4.61. The maximum absolute atomic E-state index is 13.7. The quantitative estimate of drug-likeness (QED) is 0.163. The van der Waals surface area contributed by atoms with Crippen molar-refractivity contribution < 1.29 is 32.3 Å². The molecule has 7 heterocycles. The number of carbonyl (C=O) groups is 3. The van der Waals surface area contributed by atoms with Crippen molar-refractivity contribution in [2.45, 2.75) is 63.3 Å². The Hall–Kier alpha value is -5.22. The van der Waals surface area contributed by atoms with E-state index in [9.17, 15) is 27.6 Å². The van der Waals surface area contributed by atoms with E-state index in [0.717, 1.165) is 114 Å². The van der Waals surface area contributed by atoms with Crippen LogP contribution in [0.1, 0.15) is 70.8 Å². The molecule has 0 saturated carbocycles. The Morgan fingerprint density at radius 3 is 2.67 bits per heavy atom. The minimum atomic E-state index is -4.29. The number of aromatic nitrogens is 3. The normalized spacial score (nSPS) is 20.9. The SMILES string of the molecule is CNC(=O)CCCC=O.O=C1NCc2cc3c(cc21)OCC1CN(CC2CCN(c4ccc(C5c6ccc7[nH]ncc7c6CCN5CC(F)(F)F)cn4)CC2)CCN31. The second-order valence-corrected chi connectivity index (χ2v) is 15.9. The minimum absolute atomic E-state index is 0.00292. The molecule has 2 unspecified atom stereocenters. The van der Waals surface area contributed by atoms with Gasteiger partial charge in [0.2, 0.25) is 5.91 Å². The largest absolute Gasteiger partial charge is 0.489 e. The van der Waals surface area contributed by atoms with E-state index in [0.29, 0.717) is 57.3 Å². The van der Waals surface area contributed by atoms with E-state index in [1.807, 2.05) is 30.3 Å². The summed E-state index contributed by atoms with van der Waals surface area (Å²) in [4.78, 5) is 46.0. The van der Waals surface area contributed by atoms with Crippen molar-refractivity contribution in [3.63, 3.8) is 0 Å². The Morgan fingerprint density at radius 2 is 1.91 bits per heavy atom.